The van der Waals surface area contributed by atoms with Crippen molar-refractivity contribution >= 4 is 16.6 Å². The molecule has 2 aromatic rings. The number of benzene rings is 1. The lowest BCUT2D eigenvalue weighted by atomic mass is 10.2. The van der Waals surface area contributed by atoms with Crippen LogP contribution in [0.1, 0.15) is 0 Å². The molecule has 0 aliphatic rings. The molecule has 0 fully saturated rings. The van der Waals surface area contributed by atoms with Crippen molar-refractivity contribution in [2.75, 3.05) is 19.5 Å². The first-order valence-corrected chi connectivity index (χ1v) is 4.04. The van der Waals surface area contributed by atoms with Gasteiger partial charge in [-0.1, -0.05) is 0 Å². The topological polar surface area (TPSA) is 49.9 Å². The van der Waals surface area contributed by atoms with Crippen LogP contribution >= 0.6 is 0 Å². The normalized spacial score (nSPS) is 10.3. The third-order valence-corrected chi connectivity index (χ3v) is 2.03. The van der Waals surface area contributed by atoms with Crippen LogP contribution in [0, 0.1) is 0 Å². The predicted molar refractivity (Wildman–Crippen MR) is 52.2 cm³/mol. The number of fused-ring (bicyclic) bond motifs is 1. The van der Waals surface area contributed by atoms with Crippen LogP contribution < -0.4 is 10.1 Å². The van der Waals surface area contributed by atoms with E-state index in [1.165, 1.54) is 0 Å². The minimum atomic E-state index is 0.819. The maximum Gasteiger partial charge on any atom is 0.144 e. The summed E-state index contributed by atoms with van der Waals surface area (Å²) in [6.07, 6.45) is 1.79. The SMILES string of the molecule is CNc1cc2cn[nH]c2cc1OC. The number of nitrogens with one attached hydrogen (secondary N) is 2. The quantitative estimate of drug-likeness (QED) is 0.732. The number of aromatic amines is 1. The molecule has 0 radical (unpaired) electrons. The van der Waals surface area contributed by atoms with Gasteiger partial charge in [-0.3, -0.25) is 5.10 Å². The molecule has 0 saturated carbocycles. The van der Waals surface area contributed by atoms with Crippen LogP contribution in [0.25, 0.3) is 10.9 Å². The number of ether oxygens (including phenoxy) is 1. The summed E-state index contributed by atoms with van der Waals surface area (Å²) in [6, 6.07) is 3.92. The lowest BCUT2D eigenvalue weighted by molar-refractivity contribution is 0.417. The molecule has 1 heterocycles. The van der Waals surface area contributed by atoms with Crippen LogP contribution in [0.4, 0.5) is 5.69 Å². The highest BCUT2D eigenvalue weighted by Crippen LogP contribution is 2.28. The van der Waals surface area contributed by atoms with Crippen molar-refractivity contribution in [3.05, 3.63) is 18.3 Å². The van der Waals surface area contributed by atoms with Crippen LogP contribution in [0.15, 0.2) is 18.3 Å². The largest absolute Gasteiger partial charge is 0.495 e. The number of nitrogens with zero attached hydrogens (tertiary/aromatic N) is 1. The second-order valence-corrected chi connectivity index (χ2v) is 2.76. The highest BCUT2D eigenvalue weighted by atomic mass is 16.5. The highest BCUT2D eigenvalue weighted by molar-refractivity contribution is 5.85. The molecule has 1 aromatic carbocycles. The van der Waals surface area contributed by atoms with Crippen LogP contribution in [0.3, 0.4) is 0 Å². The Morgan fingerprint density at radius 1 is 1.46 bits per heavy atom. The first kappa shape index (κ1) is 7.91. The Balaban J connectivity index is 2.67. The number of hydrogen-bond acceptors (Lipinski definition) is 3. The van der Waals surface area contributed by atoms with E-state index in [-0.39, 0.29) is 0 Å². The molecule has 0 saturated heterocycles. The first-order valence-electron chi connectivity index (χ1n) is 4.04. The Kier molecular flexibility index (Phi) is 1.81. The average molecular weight is 177 g/mol. The van der Waals surface area contributed by atoms with Crippen LogP contribution in [-0.2, 0) is 0 Å². The molecule has 4 heteroatoms. The van der Waals surface area contributed by atoms with Crippen molar-refractivity contribution in [3.8, 4) is 5.75 Å². The van der Waals surface area contributed by atoms with Gasteiger partial charge in [-0.25, -0.2) is 0 Å². The lowest BCUT2D eigenvalue weighted by Gasteiger charge is -2.07. The molecule has 2 N–H and O–H groups in total. The molecule has 0 amide bonds. The molecule has 0 unspecified atom stereocenters. The van der Waals surface area contributed by atoms with Gasteiger partial charge in [0.05, 0.1) is 24.5 Å². The van der Waals surface area contributed by atoms with Gasteiger partial charge < -0.3 is 10.1 Å². The summed E-state index contributed by atoms with van der Waals surface area (Å²) >= 11 is 0. The molecule has 1 aromatic heterocycles. The summed E-state index contributed by atoms with van der Waals surface area (Å²) in [4.78, 5) is 0. The van der Waals surface area contributed by atoms with E-state index in [0.29, 0.717) is 0 Å². The molecule has 2 rings (SSSR count). The molecular weight excluding hydrogens is 166 g/mol. The van der Waals surface area contributed by atoms with Crippen LogP contribution in [-0.4, -0.2) is 24.4 Å². The Morgan fingerprint density at radius 3 is 3.00 bits per heavy atom. The monoisotopic (exact) mass is 177 g/mol. The van der Waals surface area contributed by atoms with E-state index in [9.17, 15) is 0 Å². The van der Waals surface area contributed by atoms with Gasteiger partial charge in [0.1, 0.15) is 5.75 Å². The van der Waals surface area contributed by atoms with Gasteiger partial charge in [0.15, 0.2) is 0 Å². The fourth-order valence-corrected chi connectivity index (χ4v) is 1.34. The summed E-state index contributed by atoms with van der Waals surface area (Å²) < 4.78 is 5.20. The van der Waals surface area contributed by atoms with E-state index < -0.39 is 0 Å². The maximum atomic E-state index is 5.20. The number of rotatable bonds is 2. The van der Waals surface area contributed by atoms with Gasteiger partial charge in [-0.15, -0.1) is 0 Å². The van der Waals surface area contributed by atoms with Gasteiger partial charge >= 0.3 is 0 Å². The van der Waals surface area contributed by atoms with Crippen molar-refractivity contribution in [3.63, 3.8) is 0 Å². The number of aromatic nitrogens is 2. The standard InChI is InChI=1S/C9H11N3O/c1-10-8-3-6-5-11-12-7(6)4-9(8)13-2/h3-5,10H,1-2H3,(H,11,12). The predicted octanol–water partition coefficient (Wildman–Crippen LogP) is 1.61. The summed E-state index contributed by atoms with van der Waals surface area (Å²) in [7, 11) is 3.52. The summed E-state index contributed by atoms with van der Waals surface area (Å²) in [5.74, 6) is 0.819. The van der Waals surface area contributed by atoms with Crippen molar-refractivity contribution < 1.29 is 4.74 Å². The van der Waals surface area contributed by atoms with Crippen molar-refractivity contribution in [1.29, 1.82) is 0 Å². The molecule has 0 bridgehead atoms. The molecule has 68 valence electrons. The van der Waals surface area contributed by atoms with Crippen LogP contribution in [0.2, 0.25) is 0 Å². The molecule has 0 aliphatic heterocycles. The Hall–Kier alpha value is -1.71. The first-order chi connectivity index (χ1) is 6.35. The summed E-state index contributed by atoms with van der Waals surface area (Å²) in [6.45, 7) is 0. The molecule has 0 spiro atoms. The van der Waals surface area contributed by atoms with Crippen LogP contribution in [0.5, 0.6) is 5.75 Å². The second-order valence-electron chi connectivity index (χ2n) is 2.76. The minimum absolute atomic E-state index is 0.819. The molecular formula is C9H11N3O. The number of anilines is 1. The van der Waals surface area contributed by atoms with E-state index in [0.717, 1.165) is 22.3 Å². The number of H-pyrrole nitrogens is 1. The van der Waals surface area contributed by atoms with E-state index in [1.807, 2.05) is 19.2 Å². The van der Waals surface area contributed by atoms with Gasteiger partial charge in [-0.05, 0) is 6.07 Å². The fourth-order valence-electron chi connectivity index (χ4n) is 1.34. The third kappa shape index (κ3) is 1.20. The third-order valence-electron chi connectivity index (χ3n) is 2.03. The van der Waals surface area contributed by atoms with Crippen molar-refractivity contribution in [2.45, 2.75) is 0 Å². The zero-order valence-corrected chi connectivity index (χ0v) is 7.59. The number of hydrogen-bond donors (Lipinski definition) is 2. The minimum Gasteiger partial charge on any atom is -0.495 e. The van der Waals surface area contributed by atoms with Gasteiger partial charge in [-0.2, -0.15) is 5.10 Å². The zero-order valence-electron chi connectivity index (χ0n) is 7.59. The van der Waals surface area contributed by atoms with Crippen molar-refractivity contribution in [1.82, 2.24) is 10.2 Å². The average Bonchev–Trinajstić information content (AvgIpc) is 2.62. The fraction of sp³-hybridized carbons (Fsp3) is 0.222. The molecule has 4 nitrogen and oxygen atoms in total. The lowest BCUT2D eigenvalue weighted by Crippen LogP contribution is -1.93. The Labute approximate surface area is 75.9 Å². The summed E-state index contributed by atoms with van der Waals surface area (Å²) in [5.41, 5.74) is 1.95. The van der Waals surface area contributed by atoms with E-state index >= 15 is 0 Å². The van der Waals surface area contributed by atoms with Gasteiger partial charge in [0.25, 0.3) is 0 Å². The second kappa shape index (κ2) is 2.97. The van der Waals surface area contributed by atoms with E-state index in [2.05, 4.69) is 15.5 Å². The van der Waals surface area contributed by atoms with E-state index in [4.69, 9.17) is 4.74 Å². The zero-order chi connectivity index (χ0) is 9.26. The van der Waals surface area contributed by atoms with Gasteiger partial charge in [0.2, 0.25) is 0 Å². The summed E-state index contributed by atoms with van der Waals surface area (Å²) in [5, 5.41) is 11.0. The Bertz CT molecular complexity index is 384. The van der Waals surface area contributed by atoms with Crippen molar-refractivity contribution in [2.24, 2.45) is 0 Å². The molecule has 0 aliphatic carbocycles. The molecule has 0 atom stereocenters. The number of methoxy groups -OCH3 is 1. The highest BCUT2D eigenvalue weighted by Gasteiger charge is 2.04. The molecule has 13 heavy (non-hydrogen) atoms. The van der Waals surface area contributed by atoms with Gasteiger partial charge in [0, 0.05) is 18.5 Å². The smallest absolute Gasteiger partial charge is 0.144 e. The maximum absolute atomic E-state index is 5.20. The Morgan fingerprint density at radius 2 is 2.31 bits per heavy atom. The van der Waals surface area contributed by atoms with E-state index in [1.54, 1.807) is 13.3 Å².